The first-order valence-electron chi connectivity index (χ1n) is 8.91. The van der Waals surface area contributed by atoms with Gasteiger partial charge in [-0.15, -0.1) is 4.28 Å². The van der Waals surface area contributed by atoms with Crippen molar-refractivity contribution in [1.82, 2.24) is 19.7 Å². The number of carbonyl (C=O) groups is 1. The summed E-state index contributed by atoms with van der Waals surface area (Å²) in [4.78, 5) is 13.7. The average molecular weight is 431 g/mol. The fraction of sp³-hybridized carbons (Fsp3) is 0.625. The lowest BCUT2D eigenvalue weighted by Gasteiger charge is -2.35. The topological polar surface area (TPSA) is 114 Å². The van der Waals surface area contributed by atoms with E-state index in [0.29, 0.717) is 17.4 Å². The van der Waals surface area contributed by atoms with E-state index in [1.165, 1.54) is 4.90 Å². The van der Waals surface area contributed by atoms with Crippen molar-refractivity contribution in [2.75, 3.05) is 13.1 Å². The first kappa shape index (κ1) is 21.0. The second-order valence-electron chi connectivity index (χ2n) is 8.52. The van der Waals surface area contributed by atoms with Crippen molar-refractivity contribution in [3.63, 3.8) is 0 Å². The van der Waals surface area contributed by atoms with E-state index in [2.05, 4.69) is 43.2 Å². The minimum absolute atomic E-state index is 0.102. The highest BCUT2D eigenvalue weighted by molar-refractivity contribution is 7.80. The third kappa shape index (κ3) is 4.30. The third-order valence-electron chi connectivity index (χ3n) is 5.41. The lowest BCUT2D eigenvalue weighted by Crippen LogP contribution is -2.40. The number of hydroxylamine groups is 2. The van der Waals surface area contributed by atoms with Crippen LogP contribution in [0.3, 0.4) is 0 Å². The molecule has 2 amide bonds. The van der Waals surface area contributed by atoms with Gasteiger partial charge in [0.1, 0.15) is 6.04 Å². The Kier molecular flexibility index (Phi) is 5.21. The molecule has 0 radical (unpaired) electrons. The lowest BCUT2D eigenvalue weighted by molar-refractivity contribution is -0.0183. The molecular formula is C16H26N4O6SSi. The molecule has 1 N–H and O–H groups in total. The van der Waals surface area contributed by atoms with Gasteiger partial charge < -0.3 is 9.33 Å². The van der Waals surface area contributed by atoms with E-state index in [4.69, 9.17) is 8.98 Å². The van der Waals surface area contributed by atoms with Gasteiger partial charge in [-0.3, -0.25) is 4.55 Å². The monoisotopic (exact) mass is 430 g/mol. The zero-order chi connectivity index (χ0) is 20.9. The Bertz CT molecular complexity index is 904. The summed E-state index contributed by atoms with van der Waals surface area (Å²) < 4.78 is 43.0. The second kappa shape index (κ2) is 6.95. The summed E-state index contributed by atoms with van der Waals surface area (Å²) in [6, 6.07) is 0.602. The highest BCUT2D eigenvalue weighted by Crippen LogP contribution is 2.37. The lowest BCUT2D eigenvalue weighted by atomic mass is 10.2. The number of hydrogen-bond acceptors (Lipinski definition) is 6. The maximum Gasteiger partial charge on any atom is 0.418 e. The number of urea groups is 1. The largest absolute Gasteiger partial charge is 0.418 e. The summed E-state index contributed by atoms with van der Waals surface area (Å²) in [6.45, 7) is 11.8. The smallest absolute Gasteiger partial charge is 0.411 e. The number of amides is 2. The van der Waals surface area contributed by atoms with Crippen LogP contribution in [0.25, 0.3) is 5.70 Å². The molecule has 1 atom stereocenters. The average Bonchev–Trinajstić information content (AvgIpc) is 3.11. The molecule has 10 nitrogen and oxygen atoms in total. The number of fused-ring (bicyclic) bond motifs is 2. The van der Waals surface area contributed by atoms with Crippen molar-refractivity contribution < 1.29 is 26.5 Å². The molecule has 1 saturated heterocycles. The highest BCUT2D eigenvalue weighted by Gasteiger charge is 2.43. The molecule has 1 aromatic rings. The predicted molar refractivity (Wildman–Crippen MR) is 104 cm³/mol. The summed E-state index contributed by atoms with van der Waals surface area (Å²) in [5.74, 6) is 0. The van der Waals surface area contributed by atoms with Gasteiger partial charge in [-0.1, -0.05) is 20.8 Å². The number of carbonyl (C=O) groups excluding carboxylic acids is 1. The van der Waals surface area contributed by atoms with Crippen molar-refractivity contribution >= 4 is 30.4 Å². The molecule has 2 aliphatic heterocycles. The van der Waals surface area contributed by atoms with Crippen molar-refractivity contribution in [2.24, 2.45) is 0 Å². The van der Waals surface area contributed by atoms with E-state index in [9.17, 15) is 13.2 Å². The zero-order valence-corrected chi connectivity index (χ0v) is 18.4. The maximum absolute atomic E-state index is 12.2. The van der Waals surface area contributed by atoms with Gasteiger partial charge in [0.2, 0.25) is 0 Å². The van der Waals surface area contributed by atoms with Crippen LogP contribution in [0.1, 0.15) is 26.5 Å². The molecular weight excluding hydrogens is 404 g/mol. The Morgan fingerprint density at radius 2 is 2.04 bits per heavy atom. The van der Waals surface area contributed by atoms with E-state index >= 15 is 0 Å². The summed E-state index contributed by atoms with van der Waals surface area (Å²) in [5, 5.41) is 5.28. The molecule has 12 heteroatoms. The van der Waals surface area contributed by atoms with Crippen LogP contribution < -0.4 is 0 Å². The van der Waals surface area contributed by atoms with Crippen LogP contribution in [0.15, 0.2) is 18.3 Å². The van der Waals surface area contributed by atoms with Gasteiger partial charge in [-0.05, 0) is 30.3 Å². The number of hydrogen-bond donors (Lipinski definition) is 1. The van der Waals surface area contributed by atoms with E-state index in [1.54, 1.807) is 17.0 Å². The molecule has 1 unspecified atom stereocenters. The Morgan fingerprint density at radius 1 is 1.36 bits per heavy atom. The van der Waals surface area contributed by atoms with Gasteiger partial charge in [0.05, 0.1) is 24.5 Å². The molecule has 1 fully saturated rings. The molecule has 3 heterocycles. The van der Waals surface area contributed by atoms with Gasteiger partial charge in [0.25, 0.3) is 0 Å². The van der Waals surface area contributed by atoms with Crippen molar-refractivity contribution in [3.8, 4) is 0 Å². The van der Waals surface area contributed by atoms with Crippen molar-refractivity contribution in [1.29, 1.82) is 0 Å². The van der Waals surface area contributed by atoms with E-state index in [0.717, 1.165) is 5.69 Å². The Morgan fingerprint density at radius 3 is 2.64 bits per heavy atom. The minimum Gasteiger partial charge on any atom is -0.411 e. The van der Waals surface area contributed by atoms with Crippen molar-refractivity contribution in [2.45, 2.75) is 51.6 Å². The van der Waals surface area contributed by atoms with Crippen molar-refractivity contribution in [3.05, 3.63) is 24.0 Å². The molecule has 0 spiro atoms. The molecule has 1 aromatic heterocycles. The quantitative estimate of drug-likeness (QED) is 0.543. The first-order valence-corrected chi connectivity index (χ1v) is 13.2. The van der Waals surface area contributed by atoms with Gasteiger partial charge in [0, 0.05) is 12.7 Å². The Hall–Kier alpha value is -1.73. The van der Waals surface area contributed by atoms with Crippen LogP contribution in [-0.4, -0.2) is 66.2 Å². The van der Waals surface area contributed by atoms with E-state index in [-0.39, 0.29) is 18.1 Å². The zero-order valence-electron chi connectivity index (χ0n) is 16.6. The van der Waals surface area contributed by atoms with Crippen LogP contribution in [0.4, 0.5) is 4.79 Å². The SMILES string of the molecule is CC(C)(C)[Si](C)(C)OCc1ccn(C2=CC3CN(C2)C(=O)N3OS(=O)(=O)O)n1. The van der Waals surface area contributed by atoms with Gasteiger partial charge in [-0.2, -0.15) is 18.6 Å². The van der Waals surface area contributed by atoms with E-state index in [1.807, 2.05) is 6.07 Å². The summed E-state index contributed by atoms with van der Waals surface area (Å²) >= 11 is 0. The summed E-state index contributed by atoms with van der Waals surface area (Å²) in [6.07, 6.45) is 3.48. The number of nitrogens with zero attached hydrogens (tertiary/aromatic N) is 4. The molecule has 156 valence electrons. The van der Waals surface area contributed by atoms with Gasteiger partial charge >= 0.3 is 16.4 Å². The number of rotatable bonds is 6. The predicted octanol–water partition coefficient (Wildman–Crippen LogP) is 2.10. The Balaban J connectivity index is 1.72. The van der Waals surface area contributed by atoms with Gasteiger partial charge in [0.15, 0.2) is 8.32 Å². The summed E-state index contributed by atoms with van der Waals surface area (Å²) in [5.41, 5.74) is 1.49. The molecule has 2 aliphatic rings. The highest BCUT2D eigenvalue weighted by atomic mass is 32.3. The fourth-order valence-electron chi connectivity index (χ4n) is 2.79. The second-order valence-corrected chi connectivity index (χ2v) is 14.3. The van der Waals surface area contributed by atoms with Crippen LogP contribution in [0, 0.1) is 0 Å². The first-order chi connectivity index (χ1) is 12.8. The molecule has 0 aromatic carbocycles. The fourth-order valence-corrected chi connectivity index (χ4v) is 4.11. The standard InChI is InChI=1S/C16H26N4O6SSi/c1-16(2,3)28(4,5)25-11-12-6-7-19(17-12)13-8-14-10-18(9-13)15(21)20(14)26-27(22,23)24/h6-8,14H,9-11H2,1-5H3,(H,22,23,24). The third-order valence-corrected chi connectivity index (χ3v) is 10.2. The molecule has 2 bridgehead atoms. The van der Waals surface area contributed by atoms with Gasteiger partial charge in [-0.25, -0.2) is 9.48 Å². The molecule has 0 aliphatic carbocycles. The number of aromatic nitrogens is 2. The normalized spacial score (nSPS) is 20.7. The van der Waals surface area contributed by atoms with Crippen LogP contribution >= 0.6 is 0 Å². The molecule has 28 heavy (non-hydrogen) atoms. The minimum atomic E-state index is -4.78. The maximum atomic E-state index is 12.2. The Labute approximate surface area is 165 Å². The van der Waals surface area contributed by atoms with Crippen LogP contribution in [-0.2, 0) is 25.7 Å². The van der Waals surface area contributed by atoms with E-state index < -0.39 is 30.8 Å². The summed E-state index contributed by atoms with van der Waals surface area (Å²) in [7, 11) is -6.67. The molecule has 3 rings (SSSR count). The van der Waals surface area contributed by atoms with Crippen LogP contribution in [0.5, 0.6) is 0 Å². The molecule has 0 saturated carbocycles. The van der Waals surface area contributed by atoms with Crippen LogP contribution in [0.2, 0.25) is 18.1 Å².